The number of rotatable bonds is 7. The summed E-state index contributed by atoms with van der Waals surface area (Å²) in [5, 5.41) is 16.5. The highest BCUT2D eigenvalue weighted by Gasteiger charge is 2.34. The van der Waals surface area contributed by atoms with Crippen LogP contribution in [0.1, 0.15) is 32.6 Å². The van der Waals surface area contributed by atoms with Gasteiger partial charge < -0.3 is 15.5 Å². The SMILES string of the molecule is Cc1ccccc1C(=O)CN1C(=O)[C@@H](NC(=O)Nc2ccc(C)c([N+](=O)[O-])c2)N=C(c2ccccc2)c2ccccc21. The molecule has 10 nitrogen and oxygen atoms in total. The zero-order chi connectivity index (χ0) is 29.8. The van der Waals surface area contributed by atoms with Gasteiger partial charge in [0.2, 0.25) is 6.17 Å². The average molecular weight is 562 g/mol. The number of amides is 3. The van der Waals surface area contributed by atoms with E-state index in [9.17, 15) is 24.5 Å². The Kier molecular flexibility index (Phi) is 7.87. The third-order valence-corrected chi connectivity index (χ3v) is 6.93. The molecule has 1 aliphatic rings. The molecule has 5 rings (SSSR count). The summed E-state index contributed by atoms with van der Waals surface area (Å²) in [4.78, 5) is 57.5. The maximum atomic E-state index is 14.0. The average Bonchev–Trinajstić information content (AvgIpc) is 3.09. The summed E-state index contributed by atoms with van der Waals surface area (Å²) in [7, 11) is 0. The first kappa shape index (κ1) is 27.9. The van der Waals surface area contributed by atoms with Crippen LogP contribution in [0.4, 0.5) is 21.9 Å². The van der Waals surface area contributed by atoms with Crippen LogP contribution in [0, 0.1) is 24.0 Å². The van der Waals surface area contributed by atoms with Crippen molar-refractivity contribution in [2.24, 2.45) is 4.99 Å². The number of nitrogens with one attached hydrogen (secondary N) is 2. The van der Waals surface area contributed by atoms with Crippen LogP contribution in [0.5, 0.6) is 0 Å². The fourth-order valence-corrected chi connectivity index (χ4v) is 4.80. The van der Waals surface area contributed by atoms with Crippen LogP contribution in [0.3, 0.4) is 0 Å². The number of fused-ring (bicyclic) bond motifs is 1. The zero-order valence-corrected chi connectivity index (χ0v) is 22.9. The highest BCUT2D eigenvalue weighted by Crippen LogP contribution is 2.29. The molecular formula is C32H27N5O5. The van der Waals surface area contributed by atoms with Crippen LogP contribution >= 0.6 is 0 Å². The Morgan fingerprint density at radius 2 is 1.60 bits per heavy atom. The van der Waals surface area contributed by atoms with Crippen molar-refractivity contribution in [1.82, 2.24) is 5.32 Å². The number of urea groups is 1. The van der Waals surface area contributed by atoms with Crippen LogP contribution < -0.4 is 15.5 Å². The highest BCUT2D eigenvalue weighted by atomic mass is 16.6. The molecule has 42 heavy (non-hydrogen) atoms. The molecular weight excluding hydrogens is 534 g/mol. The summed E-state index contributed by atoms with van der Waals surface area (Å²) in [6.45, 7) is 3.14. The predicted octanol–water partition coefficient (Wildman–Crippen LogP) is 5.43. The van der Waals surface area contributed by atoms with Crippen LogP contribution in [-0.2, 0) is 4.79 Å². The van der Waals surface area contributed by atoms with Crippen molar-refractivity contribution in [2.75, 3.05) is 16.8 Å². The second-order valence-corrected chi connectivity index (χ2v) is 9.78. The van der Waals surface area contributed by atoms with E-state index < -0.39 is 23.0 Å². The van der Waals surface area contributed by atoms with Crippen LogP contribution in [0.15, 0.2) is 102 Å². The van der Waals surface area contributed by atoms with Gasteiger partial charge in [0.05, 0.1) is 22.9 Å². The Hall–Kier alpha value is -5.64. The second-order valence-electron chi connectivity index (χ2n) is 9.78. The number of ketones is 1. The number of nitrogens with zero attached hydrogens (tertiary/aromatic N) is 3. The van der Waals surface area contributed by atoms with E-state index in [2.05, 4.69) is 10.6 Å². The molecule has 2 N–H and O–H groups in total. The Balaban J connectivity index is 1.53. The normalized spacial score (nSPS) is 14.3. The molecule has 0 fully saturated rings. The molecule has 0 spiro atoms. The van der Waals surface area contributed by atoms with E-state index in [-0.39, 0.29) is 23.7 Å². The largest absolute Gasteiger partial charge is 0.321 e. The molecule has 4 aromatic rings. The Morgan fingerprint density at radius 3 is 2.33 bits per heavy atom. The van der Waals surface area contributed by atoms with Crippen LogP contribution in [0.25, 0.3) is 0 Å². The van der Waals surface area contributed by atoms with E-state index in [1.165, 1.54) is 23.1 Å². The summed E-state index contributed by atoms with van der Waals surface area (Å²) in [6.07, 6.45) is -1.40. The summed E-state index contributed by atoms with van der Waals surface area (Å²) in [6, 6.07) is 27.0. The van der Waals surface area contributed by atoms with Gasteiger partial charge in [0.25, 0.3) is 11.6 Å². The molecule has 1 aliphatic heterocycles. The summed E-state index contributed by atoms with van der Waals surface area (Å²) in [5.41, 5.74) is 3.99. The lowest BCUT2D eigenvalue weighted by atomic mass is 9.99. The summed E-state index contributed by atoms with van der Waals surface area (Å²) >= 11 is 0. The number of aliphatic imine (C=N–C) groups is 1. The third kappa shape index (κ3) is 5.78. The van der Waals surface area contributed by atoms with Crippen molar-refractivity contribution in [3.05, 3.63) is 135 Å². The van der Waals surface area contributed by atoms with Crippen molar-refractivity contribution in [3.8, 4) is 0 Å². The van der Waals surface area contributed by atoms with Gasteiger partial charge in [-0.25, -0.2) is 9.79 Å². The Morgan fingerprint density at radius 1 is 0.905 bits per heavy atom. The number of aryl methyl sites for hydroxylation is 2. The quantitative estimate of drug-likeness (QED) is 0.176. The monoisotopic (exact) mass is 561 g/mol. The number of benzene rings is 4. The Labute approximate surface area is 241 Å². The topological polar surface area (TPSA) is 134 Å². The lowest BCUT2D eigenvalue weighted by molar-refractivity contribution is -0.385. The van der Waals surface area contributed by atoms with E-state index in [1.54, 1.807) is 31.2 Å². The van der Waals surface area contributed by atoms with E-state index in [1.807, 2.05) is 61.5 Å². The number of hydrogen-bond acceptors (Lipinski definition) is 6. The van der Waals surface area contributed by atoms with Crippen molar-refractivity contribution in [3.63, 3.8) is 0 Å². The minimum Gasteiger partial charge on any atom is -0.308 e. The first-order valence-corrected chi connectivity index (χ1v) is 13.2. The van der Waals surface area contributed by atoms with E-state index in [4.69, 9.17) is 4.99 Å². The van der Waals surface area contributed by atoms with Crippen molar-refractivity contribution in [2.45, 2.75) is 20.0 Å². The van der Waals surface area contributed by atoms with Crippen LogP contribution in [0.2, 0.25) is 0 Å². The molecule has 0 saturated carbocycles. The number of carbonyl (C=O) groups is 3. The van der Waals surface area contributed by atoms with Gasteiger partial charge in [-0.1, -0.05) is 78.9 Å². The number of anilines is 2. The van der Waals surface area contributed by atoms with E-state index in [0.717, 1.165) is 5.56 Å². The number of carbonyl (C=O) groups excluding carboxylic acids is 3. The fourth-order valence-electron chi connectivity index (χ4n) is 4.80. The van der Waals surface area contributed by atoms with Gasteiger partial charge in [-0.2, -0.15) is 0 Å². The Bertz CT molecular complexity index is 1730. The van der Waals surface area contributed by atoms with Gasteiger partial charge in [-0.15, -0.1) is 0 Å². The zero-order valence-electron chi connectivity index (χ0n) is 22.9. The van der Waals surface area contributed by atoms with Crippen molar-refractivity contribution in [1.29, 1.82) is 0 Å². The van der Waals surface area contributed by atoms with Crippen molar-refractivity contribution >= 4 is 40.5 Å². The van der Waals surface area contributed by atoms with E-state index in [0.29, 0.717) is 33.7 Å². The first-order chi connectivity index (χ1) is 20.2. The molecule has 10 heteroatoms. The van der Waals surface area contributed by atoms with Crippen LogP contribution in [-0.4, -0.2) is 41.1 Å². The number of nitro benzene ring substituents is 1. The maximum Gasteiger partial charge on any atom is 0.321 e. The fraction of sp³-hybridized carbons (Fsp3) is 0.125. The lowest BCUT2D eigenvalue weighted by Gasteiger charge is -2.25. The smallest absolute Gasteiger partial charge is 0.308 e. The van der Waals surface area contributed by atoms with Gasteiger partial charge in [0, 0.05) is 34.0 Å². The van der Waals surface area contributed by atoms with Gasteiger partial charge >= 0.3 is 6.03 Å². The molecule has 4 aromatic carbocycles. The number of hydrogen-bond donors (Lipinski definition) is 2. The molecule has 0 aromatic heterocycles. The van der Waals surface area contributed by atoms with Gasteiger partial charge in [0.1, 0.15) is 0 Å². The maximum absolute atomic E-state index is 14.0. The van der Waals surface area contributed by atoms with Crippen molar-refractivity contribution < 1.29 is 19.3 Å². The third-order valence-electron chi connectivity index (χ3n) is 6.93. The number of nitro groups is 1. The first-order valence-electron chi connectivity index (χ1n) is 13.2. The molecule has 0 aliphatic carbocycles. The van der Waals surface area contributed by atoms with Gasteiger partial charge in [-0.05, 0) is 31.5 Å². The molecule has 0 saturated heterocycles. The summed E-state index contributed by atoms with van der Waals surface area (Å²) < 4.78 is 0. The van der Waals surface area contributed by atoms with E-state index >= 15 is 0 Å². The summed E-state index contributed by atoms with van der Waals surface area (Å²) in [5.74, 6) is -0.880. The molecule has 210 valence electrons. The van der Waals surface area contributed by atoms with Gasteiger partial charge in [-0.3, -0.25) is 19.7 Å². The minimum atomic E-state index is -1.40. The molecule has 1 heterocycles. The molecule has 0 radical (unpaired) electrons. The number of para-hydroxylation sites is 1. The molecule has 0 unspecified atom stereocenters. The highest BCUT2D eigenvalue weighted by molar-refractivity contribution is 6.21. The second kappa shape index (κ2) is 11.8. The lowest BCUT2D eigenvalue weighted by Crippen LogP contribution is -2.50. The number of Topliss-reactive ketones (excluding diaryl/α,β-unsaturated/α-hetero) is 1. The molecule has 0 bridgehead atoms. The molecule has 1 atom stereocenters. The standard InChI is InChI=1S/C32H27N5O5/c1-20-10-6-7-13-24(20)28(38)19-36-26-15-9-8-14-25(26)29(22-11-4-3-5-12-22)34-30(31(36)39)35-32(40)33-23-17-16-21(2)27(18-23)37(41)42/h3-18,30H,19H2,1-2H3,(H2,33,35,40)/t30-/m1/s1. The molecule has 3 amide bonds. The van der Waals surface area contributed by atoms with Gasteiger partial charge in [0.15, 0.2) is 5.78 Å². The number of benzodiazepines with no additional fused rings is 1. The minimum absolute atomic E-state index is 0.154. The predicted molar refractivity (Wildman–Crippen MR) is 160 cm³/mol.